The quantitative estimate of drug-likeness (QED) is 0.824. The molecule has 24 heavy (non-hydrogen) atoms. The van der Waals surface area contributed by atoms with Crippen LogP contribution in [-0.2, 0) is 16.0 Å². The molecule has 0 saturated heterocycles. The third-order valence-electron chi connectivity index (χ3n) is 4.03. The first-order valence-electron chi connectivity index (χ1n) is 7.70. The summed E-state index contributed by atoms with van der Waals surface area (Å²) in [6.07, 6.45) is 1.95. The molecule has 0 spiro atoms. The number of rotatable bonds is 5. The Bertz CT molecular complexity index is 742. The van der Waals surface area contributed by atoms with Gasteiger partial charge in [0.1, 0.15) is 11.9 Å². The van der Waals surface area contributed by atoms with E-state index in [-0.39, 0.29) is 24.3 Å². The number of H-pyrrole nitrogens is 1. The average Bonchev–Trinajstić information content (AvgIpc) is 2.94. The Morgan fingerprint density at radius 2 is 2.08 bits per heavy atom. The molecule has 0 fully saturated rings. The summed E-state index contributed by atoms with van der Waals surface area (Å²) in [4.78, 5) is 28.7. The van der Waals surface area contributed by atoms with Gasteiger partial charge in [0, 0.05) is 36.6 Å². The molecule has 0 bridgehead atoms. The zero-order valence-corrected chi connectivity index (χ0v) is 14.2. The van der Waals surface area contributed by atoms with E-state index < -0.39 is 12.0 Å². The van der Waals surface area contributed by atoms with Crippen LogP contribution in [0.2, 0.25) is 0 Å². The minimum Gasteiger partial charge on any atom is -0.467 e. The van der Waals surface area contributed by atoms with Gasteiger partial charge < -0.3 is 19.9 Å². The van der Waals surface area contributed by atoms with Gasteiger partial charge in [0.25, 0.3) is 0 Å². The number of nitrogens with zero attached hydrogens (tertiary/aromatic N) is 1. The van der Waals surface area contributed by atoms with Crippen LogP contribution in [0.25, 0.3) is 10.9 Å². The number of hydrogen-bond donors (Lipinski definition) is 2. The molecular formula is C17H22FN3O3. The van der Waals surface area contributed by atoms with Crippen molar-refractivity contribution in [1.29, 1.82) is 0 Å². The number of benzene rings is 1. The maximum atomic E-state index is 13.3. The van der Waals surface area contributed by atoms with E-state index in [1.54, 1.807) is 19.3 Å². The molecule has 0 unspecified atom stereocenters. The Balaban J connectivity index is 2.22. The zero-order chi connectivity index (χ0) is 17.9. The van der Waals surface area contributed by atoms with Gasteiger partial charge in [-0.1, -0.05) is 0 Å². The van der Waals surface area contributed by atoms with Crippen molar-refractivity contribution >= 4 is 22.9 Å². The number of halogens is 1. The van der Waals surface area contributed by atoms with Crippen molar-refractivity contribution in [1.82, 2.24) is 15.2 Å². The van der Waals surface area contributed by atoms with Crippen molar-refractivity contribution < 1.29 is 18.7 Å². The molecular weight excluding hydrogens is 313 g/mol. The van der Waals surface area contributed by atoms with Crippen LogP contribution >= 0.6 is 0 Å². The zero-order valence-electron chi connectivity index (χ0n) is 14.2. The van der Waals surface area contributed by atoms with Gasteiger partial charge in [0.15, 0.2) is 0 Å². The molecule has 2 N–H and O–H groups in total. The van der Waals surface area contributed by atoms with Gasteiger partial charge in [-0.25, -0.2) is 14.0 Å². The number of esters is 1. The molecule has 0 saturated carbocycles. The number of methoxy groups -OCH3 is 1. The van der Waals surface area contributed by atoms with Crippen LogP contribution in [-0.4, -0.2) is 48.1 Å². The van der Waals surface area contributed by atoms with E-state index >= 15 is 0 Å². The van der Waals surface area contributed by atoms with Crippen molar-refractivity contribution in [2.75, 3.05) is 14.2 Å². The standard InChI is InChI=1S/C17H22FN3O3/c1-10(2)21(3)17(23)20-15(16(22)24-4)7-11-9-19-14-8-12(18)5-6-13(11)14/h5-6,8-10,15,19H,7H2,1-4H3,(H,20,23)/t15-/m0/s1. The number of nitrogens with one attached hydrogen (secondary N) is 2. The van der Waals surface area contributed by atoms with Crippen molar-refractivity contribution in [3.8, 4) is 0 Å². The molecule has 0 radical (unpaired) electrons. The number of aromatic nitrogens is 1. The van der Waals surface area contributed by atoms with Crippen LogP contribution in [0, 0.1) is 5.82 Å². The third kappa shape index (κ3) is 3.84. The summed E-state index contributed by atoms with van der Waals surface area (Å²) >= 11 is 0. The molecule has 1 aromatic heterocycles. The third-order valence-corrected chi connectivity index (χ3v) is 4.03. The Labute approximate surface area is 140 Å². The van der Waals surface area contributed by atoms with E-state index in [1.807, 2.05) is 13.8 Å². The highest BCUT2D eigenvalue weighted by Crippen LogP contribution is 2.21. The summed E-state index contributed by atoms with van der Waals surface area (Å²) in [6, 6.07) is 3.21. The number of carbonyl (C=O) groups excluding carboxylic acids is 2. The fraction of sp³-hybridized carbons (Fsp3) is 0.412. The first-order valence-corrected chi connectivity index (χ1v) is 7.70. The minimum atomic E-state index is -0.826. The van der Waals surface area contributed by atoms with Gasteiger partial charge in [0.05, 0.1) is 7.11 Å². The Morgan fingerprint density at radius 3 is 2.71 bits per heavy atom. The van der Waals surface area contributed by atoms with Crippen LogP contribution in [0.3, 0.4) is 0 Å². The SMILES string of the molecule is COC(=O)[C@H](Cc1c[nH]c2cc(F)ccc12)NC(=O)N(C)C(C)C. The average molecular weight is 335 g/mol. The molecule has 1 heterocycles. The molecule has 1 atom stereocenters. The van der Waals surface area contributed by atoms with Crippen LogP contribution in [0.1, 0.15) is 19.4 Å². The summed E-state index contributed by atoms with van der Waals surface area (Å²) < 4.78 is 18.1. The maximum absolute atomic E-state index is 13.3. The predicted molar refractivity (Wildman–Crippen MR) is 89.2 cm³/mol. The molecule has 6 nitrogen and oxygen atoms in total. The number of ether oxygens (including phenoxy) is 1. The molecule has 0 aliphatic heterocycles. The topological polar surface area (TPSA) is 74.4 Å². The smallest absolute Gasteiger partial charge is 0.328 e. The van der Waals surface area contributed by atoms with Gasteiger partial charge in [0.2, 0.25) is 0 Å². The first kappa shape index (κ1) is 17.8. The largest absolute Gasteiger partial charge is 0.467 e. The highest BCUT2D eigenvalue weighted by atomic mass is 19.1. The minimum absolute atomic E-state index is 0.000592. The van der Waals surface area contributed by atoms with E-state index in [9.17, 15) is 14.0 Å². The lowest BCUT2D eigenvalue weighted by Crippen LogP contribution is -2.49. The molecule has 0 aliphatic carbocycles. The van der Waals surface area contributed by atoms with E-state index in [1.165, 1.54) is 24.1 Å². The van der Waals surface area contributed by atoms with Gasteiger partial charge in [-0.15, -0.1) is 0 Å². The van der Waals surface area contributed by atoms with Gasteiger partial charge in [-0.3, -0.25) is 0 Å². The second-order valence-corrected chi connectivity index (χ2v) is 5.94. The monoisotopic (exact) mass is 335 g/mol. The first-order chi connectivity index (χ1) is 11.3. The second kappa shape index (κ2) is 7.33. The number of urea groups is 1. The molecule has 1 aromatic carbocycles. The van der Waals surface area contributed by atoms with Crippen molar-refractivity contribution in [2.24, 2.45) is 0 Å². The number of hydrogen-bond acceptors (Lipinski definition) is 3. The van der Waals surface area contributed by atoms with E-state index in [0.717, 1.165) is 10.9 Å². The molecule has 0 aliphatic rings. The fourth-order valence-electron chi connectivity index (χ4n) is 2.37. The Morgan fingerprint density at radius 1 is 1.38 bits per heavy atom. The molecule has 2 rings (SSSR count). The number of aromatic amines is 1. The second-order valence-electron chi connectivity index (χ2n) is 5.94. The van der Waals surface area contributed by atoms with Gasteiger partial charge in [-0.05, 0) is 37.6 Å². The number of carbonyl (C=O) groups is 2. The van der Waals surface area contributed by atoms with Gasteiger partial charge >= 0.3 is 12.0 Å². The summed E-state index contributed by atoms with van der Waals surface area (Å²) in [5.41, 5.74) is 1.44. The molecule has 7 heteroatoms. The number of fused-ring (bicyclic) bond motifs is 1. The highest BCUT2D eigenvalue weighted by molar-refractivity contribution is 5.87. The van der Waals surface area contributed by atoms with Crippen molar-refractivity contribution in [3.05, 3.63) is 35.8 Å². The summed E-state index contributed by atoms with van der Waals surface area (Å²) in [5.74, 6) is -0.871. The van der Waals surface area contributed by atoms with E-state index in [0.29, 0.717) is 5.52 Å². The highest BCUT2D eigenvalue weighted by Gasteiger charge is 2.25. The summed E-state index contributed by atoms with van der Waals surface area (Å²) in [6.45, 7) is 3.75. The molecule has 2 aromatic rings. The predicted octanol–water partition coefficient (Wildman–Crippen LogP) is 2.44. The van der Waals surface area contributed by atoms with Crippen LogP contribution in [0.4, 0.5) is 9.18 Å². The van der Waals surface area contributed by atoms with E-state index in [2.05, 4.69) is 10.3 Å². The Hall–Kier alpha value is -2.57. The van der Waals surface area contributed by atoms with Crippen LogP contribution in [0.5, 0.6) is 0 Å². The van der Waals surface area contributed by atoms with Crippen molar-refractivity contribution in [2.45, 2.75) is 32.4 Å². The van der Waals surface area contributed by atoms with Gasteiger partial charge in [-0.2, -0.15) is 0 Å². The van der Waals surface area contributed by atoms with Crippen LogP contribution in [0.15, 0.2) is 24.4 Å². The molecule has 2 amide bonds. The molecule has 130 valence electrons. The lowest BCUT2D eigenvalue weighted by Gasteiger charge is -2.25. The summed E-state index contributed by atoms with van der Waals surface area (Å²) in [7, 11) is 2.93. The Kier molecular flexibility index (Phi) is 5.43. The lowest BCUT2D eigenvalue weighted by atomic mass is 10.0. The van der Waals surface area contributed by atoms with Crippen LogP contribution < -0.4 is 5.32 Å². The lowest BCUT2D eigenvalue weighted by molar-refractivity contribution is -0.142. The van der Waals surface area contributed by atoms with E-state index in [4.69, 9.17) is 4.74 Å². The normalized spacial score (nSPS) is 12.2. The number of amides is 2. The maximum Gasteiger partial charge on any atom is 0.328 e. The van der Waals surface area contributed by atoms with Crippen molar-refractivity contribution in [3.63, 3.8) is 0 Å². The fourth-order valence-corrected chi connectivity index (χ4v) is 2.37. The summed E-state index contributed by atoms with van der Waals surface area (Å²) in [5, 5.41) is 3.49.